The zero-order valence-corrected chi connectivity index (χ0v) is 9.91. The fraction of sp³-hybridized carbons (Fsp3) is 0.667. The third kappa shape index (κ3) is 2.40. The van der Waals surface area contributed by atoms with E-state index >= 15 is 0 Å². The Morgan fingerprint density at radius 2 is 2.35 bits per heavy atom. The second kappa shape index (κ2) is 4.98. The number of nitrogens with zero attached hydrogens (tertiary/aromatic N) is 2. The fourth-order valence-corrected chi connectivity index (χ4v) is 2.45. The molecule has 0 spiro atoms. The van der Waals surface area contributed by atoms with Crippen LogP contribution in [0.5, 0.6) is 0 Å². The summed E-state index contributed by atoms with van der Waals surface area (Å²) in [7, 11) is 0. The highest BCUT2D eigenvalue weighted by Gasteiger charge is 2.18. The summed E-state index contributed by atoms with van der Waals surface area (Å²) in [6.45, 7) is 3.33. The second-order valence-corrected chi connectivity index (χ2v) is 4.67. The first-order valence-corrected chi connectivity index (χ1v) is 6.31. The predicted octanol–water partition coefficient (Wildman–Crippen LogP) is 1.06. The van der Waals surface area contributed by atoms with Crippen molar-refractivity contribution in [2.24, 2.45) is 0 Å². The van der Waals surface area contributed by atoms with Crippen LogP contribution in [0.3, 0.4) is 0 Å². The van der Waals surface area contributed by atoms with Gasteiger partial charge in [0.1, 0.15) is 12.1 Å². The van der Waals surface area contributed by atoms with Crippen molar-refractivity contribution in [2.45, 2.75) is 38.5 Å². The van der Waals surface area contributed by atoms with E-state index in [0.717, 1.165) is 30.2 Å². The van der Waals surface area contributed by atoms with Gasteiger partial charge in [-0.25, -0.2) is 9.97 Å². The van der Waals surface area contributed by atoms with E-state index in [1.54, 1.807) is 6.33 Å². The molecule has 1 aromatic heterocycles. The Hall–Kier alpha value is -1.20. The maximum Gasteiger partial charge on any atom is 0.135 e. The largest absolute Gasteiger partial charge is 0.370 e. The molecule has 0 aromatic carbocycles. The highest BCUT2D eigenvalue weighted by molar-refractivity contribution is 5.46. The van der Waals surface area contributed by atoms with Crippen LogP contribution in [0, 0.1) is 0 Å². The lowest BCUT2D eigenvalue weighted by Gasteiger charge is -2.24. The minimum absolute atomic E-state index is 0.566. The molecule has 17 heavy (non-hydrogen) atoms. The van der Waals surface area contributed by atoms with Gasteiger partial charge in [-0.15, -0.1) is 0 Å². The smallest absolute Gasteiger partial charge is 0.135 e. The Balaban J connectivity index is 1.63. The van der Waals surface area contributed by atoms with Gasteiger partial charge < -0.3 is 15.4 Å². The molecule has 2 N–H and O–H groups in total. The first kappa shape index (κ1) is 10.9. The van der Waals surface area contributed by atoms with Gasteiger partial charge in [0.15, 0.2) is 0 Å². The van der Waals surface area contributed by atoms with E-state index in [2.05, 4.69) is 20.6 Å². The molecule has 0 radical (unpaired) electrons. The van der Waals surface area contributed by atoms with E-state index in [9.17, 15) is 0 Å². The maximum absolute atomic E-state index is 5.39. The van der Waals surface area contributed by atoms with Crippen LogP contribution in [-0.2, 0) is 18.0 Å². The molecule has 0 amide bonds. The van der Waals surface area contributed by atoms with Crippen LogP contribution in [0.2, 0.25) is 0 Å². The number of hydrogen-bond acceptors (Lipinski definition) is 5. The number of anilines is 1. The molecule has 3 heterocycles. The lowest BCUT2D eigenvalue weighted by atomic mass is 10.1. The van der Waals surface area contributed by atoms with E-state index in [-0.39, 0.29) is 0 Å². The number of piperidine rings is 1. The summed E-state index contributed by atoms with van der Waals surface area (Å²) in [6.07, 6.45) is 5.48. The summed E-state index contributed by atoms with van der Waals surface area (Å²) in [5.41, 5.74) is 2.16. The monoisotopic (exact) mass is 234 g/mol. The molecule has 1 aromatic rings. The molecular weight excluding hydrogens is 216 g/mol. The van der Waals surface area contributed by atoms with Crippen molar-refractivity contribution in [3.8, 4) is 0 Å². The number of aromatic nitrogens is 2. The second-order valence-electron chi connectivity index (χ2n) is 4.67. The molecule has 0 saturated carbocycles. The third-order valence-corrected chi connectivity index (χ3v) is 3.45. The van der Waals surface area contributed by atoms with Crippen molar-refractivity contribution in [2.75, 3.05) is 18.4 Å². The summed E-state index contributed by atoms with van der Waals surface area (Å²) in [5, 5.41) is 6.94. The molecule has 5 heteroatoms. The van der Waals surface area contributed by atoms with Crippen LogP contribution in [0.15, 0.2) is 6.33 Å². The molecule has 5 nitrogen and oxygen atoms in total. The van der Waals surface area contributed by atoms with E-state index < -0.39 is 0 Å². The Labute approximate surface area is 101 Å². The van der Waals surface area contributed by atoms with E-state index in [0.29, 0.717) is 19.3 Å². The van der Waals surface area contributed by atoms with Gasteiger partial charge in [0.25, 0.3) is 0 Å². The minimum Gasteiger partial charge on any atom is -0.370 e. The van der Waals surface area contributed by atoms with Gasteiger partial charge in [0.05, 0.1) is 18.9 Å². The van der Waals surface area contributed by atoms with Gasteiger partial charge in [0, 0.05) is 18.2 Å². The van der Waals surface area contributed by atoms with Gasteiger partial charge in [-0.1, -0.05) is 6.42 Å². The number of ether oxygens (including phenoxy) is 1. The summed E-state index contributed by atoms with van der Waals surface area (Å²) < 4.78 is 5.39. The zero-order chi connectivity index (χ0) is 11.5. The molecule has 2 aliphatic rings. The van der Waals surface area contributed by atoms with Crippen molar-refractivity contribution in [3.05, 3.63) is 17.6 Å². The number of fused-ring (bicyclic) bond motifs is 1. The molecule has 1 atom stereocenters. The SMILES string of the molecule is c1nc2c(c(NCC3CCCCN3)n1)COC2. The highest BCUT2D eigenvalue weighted by atomic mass is 16.5. The maximum atomic E-state index is 5.39. The summed E-state index contributed by atoms with van der Waals surface area (Å²) in [5.74, 6) is 0.944. The van der Waals surface area contributed by atoms with Gasteiger partial charge in [-0.05, 0) is 19.4 Å². The lowest BCUT2D eigenvalue weighted by Crippen LogP contribution is -2.39. The Kier molecular flexibility index (Phi) is 3.20. The predicted molar refractivity (Wildman–Crippen MR) is 64.7 cm³/mol. The van der Waals surface area contributed by atoms with Crippen molar-refractivity contribution in [1.82, 2.24) is 15.3 Å². The van der Waals surface area contributed by atoms with E-state index in [1.165, 1.54) is 19.3 Å². The number of hydrogen-bond donors (Lipinski definition) is 2. The molecule has 0 aliphatic carbocycles. The van der Waals surface area contributed by atoms with Crippen LogP contribution >= 0.6 is 0 Å². The molecule has 1 saturated heterocycles. The minimum atomic E-state index is 0.566. The van der Waals surface area contributed by atoms with Crippen molar-refractivity contribution < 1.29 is 4.74 Å². The highest BCUT2D eigenvalue weighted by Crippen LogP contribution is 2.23. The topological polar surface area (TPSA) is 59.1 Å². The van der Waals surface area contributed by atoms with E-state index in [4.69, 9.17) is 4.74 Å². The van der Waals surface area contributed by atoms with Crippen LogP contribution in [0.4, 0.5) is 5.82 Å². The fourth-order valence-electron chi connectivity index (χ4n) is 2.45. The quantitative estimate of drug-likeness (QED) is 0.819. The molecule has 92 valence electrons. The molecule has 2 aliphatic heterocycles. The van der Waals surface area contributed by atoms with Crippen LogP contribution < -0.4 is 10.6 Å². The van der Waals surface area contributed by atoms with Crippen LogP contribution in [0.25, 0.3) is 0 Å². The van der Waals surface area contributed by atoms with E-state index in [1.807, 2.05) is 0 Å². The van der Waals surface area contributed by atoms with Gasteiger partial charge in [0.2, 0.25) is 0 Å². The Bertz CT molecular complexity index is 390. The Morgan fingerprint density at radius 1 is 1.35 bits per heavy atom. The molecule has 1 fully saturated rings. The molecule has 1 unspecified atom stereocenters. The standard InChI is InChI=1S/C12H18N4O/c1-2-4-13-9(3-1)5-14-12-10-6-17-7-11(10)15-8-16-12/h8-9,13H,1-7H2,(H,14,15,16). The van der Waals surface area contributed by atoms with Crippen molar-refractivity contribution >= 4 is 5.82 Å². The average Bonchev–Trinajstić information content (AvgIpc) is 2.86. The van der Waals surface area contributed by atoms with Crippen LogP contribution in [0.1, 0.15) is 30.5 Å². The average molecular weight is 234 g/mol. The van der Waals surface area contributed by atoms with Crippen LogP contribution in [-0.4, -0.2) is 29.1 Å². The first-order valence-electron chi connectivity index (χ1n) is 6.31. The molecular formula is C12H18N4O. The zero-order valence-electron chi connectivity index (χ0n) is 9.91. The summed E-state index contributed by atoms with van der Waals surface area (Å²) >= 11 is 0. The van der Waals surface area contributed by atoms with Gasteiger partial charge in [-0.2, -0.15) is 0 Å². The molecule has 3 rings (SSSR count). The number of rotatable bonds is 3. The van der Waals surface area contributed by atoms with Crippen molar-refractivity contribution in [1.29, 1.82) is 0 Å². The molecule has 0 bridgehead atoms. The number of nitrogens with one attached hydrogen (secondary N) is 2. The summed E-state index contributed by atoms with van der Waals surface area (Å²) in [6, 6.07) is 0.566. The Morgan fingerprint density at radius 3 is 3.24 bits per heavy atom. The van der Waals surface area contributed by atoms with Gasteiger partial charge in [-0.3, -0.25) is 0 Å². The third-order valence-electron chi connectivity index (χ3n) is 3.45. The van der Waals surface area contributed by atoms with Crippen molar-refractivity contribution in [3.63, 3.8) is 0 Å². The first-order chi connectivity index (χ1) is 8.43. The van der Waals surface area contributed by atoms with Gasteiger partial charge >= 0.3 is 0 Å². The summed E-state index contributed by atoms with van der Waals surface area (Å²) in [4.78, 5) is 8.53. The normalized spacial score (nSPS) is 23.4. The lowest BCUT2D eigenvalue weighted by molar-refractivity contribution is 0.133.